The van der Waals surface area contributed by atoms with Gasteiger partial charge in [0.2, 0.25) is 0 Å². The lowest BCUT2D eigenvalue weighted by molar-refractivity contribution is -0.385. The number of methoxy groups -OCH3 is 1. The molecule has 7 nitrogen and oxygen atoms in total. The van der Waals surface area contributed by atoms with Gasteiger partial charge in [-0.1, -0.05) is 0 Å². The van der Waals surface area contributed by atoms with Crippen LogP contribution in [0, 0.1) is 10.1 Å². The molecule has 0 aromatic heterocycles. The van der Waals surface area contributed by atoms with E-state index in [-0.39, 0.29) is 5.69 Å². The van der Waals surface area contributed by atoms with Crippen molar-refractivity contribution in [3.05, 3.63) is 33.9 Å². The summed E-state index contributed by atoms with van der Waals surface area (Å²) >= 11 is 1.40. The van der Waals surface area contributed by atoms with Gasteiger partial charge in [0.15, 0.2) is 0 Å². The SMILES string of the molecule is CCOC(=O)C(N)CSCc1cc(OC)cc([N+](=O)[O-])c1. The highest BCUT2D eigenvalue weighted by atomic mass is 32.2. The normalized spacial score (nSPS) is 11.8. The van der Waals surface area contributed by atoms with Crippen LogP contribution < -0.4 is 10.5 Å². The second-order valence-corrected chi connectivity index (χ2v) is 5.20. The third-order valence-electron chi connectivity index (χ3n) is 2.55. The molecule has 0 heterocycles. The number of rotatable bonds is 8. The van der Waals surface area contributed by atoms with Crippen LogP contribution in [0.3, 0.4) is 0 Å². The summed E-state index contributed by atoms with van der Waals surface area (Å²) in [6, 6.07) is 3.86. The number of carbonyl (C=O) groups excluding carboxylic acids is 1. The third-order valence-corrected chi connectivity index (χ3v) is 3.69. The number of esters is 1. The van der Waals surface area contributed by atoms with Crippen molar-refractivity contribution in [3.8, 4) is 5.75 Å². The summed E-state index contributed by atoms with van der Waals surface area (Å²) in [7, 11) is 1.45. The molecule has 1 rings (SSSR count). The van der Waals surface area contributed by atoms with Gasteiger partial charge in [-0.25, -0.2) is 0 Å². The number of nitro benzene ring substituents is 1. The molecule has 8 heteroatoms. The Hall–Kier alpha value is -1.80. The van der Waals surface area contributed by atoms with Crippen LogP contribution in [0.4, 0.5) is 5.69 Å². The molecule has 0 aliphatic heterocycles. The molecule has 0 aliphatic carbocycles. The molecule has 0 amide bonds. The Kier molecular flexibility index (Phi) is 6.97. The summed E-state index contributed by atoms with van der Waals surface area (Å²) < 4.78 is 9.84. The average Bonchev–Trinajstić information content (AvgIpc) is 2.46. The minimum Gasteiger partial charge on any atom is -0.496 e. The summed E-state index contributed by atoms with van der Waals surface area (Å²) in [5, 5.41) is 10.8. The molecule has 1 atom stereocenters. The molecule has 2 N–H and O–H groups in total. The van der Waals surface area contributed by atoms with E-state index in [0.29, 0.717) is 23.9 Å². The number of hydrogen-bond acceptors (Lipinski definition) is 7. The van der Waals surface area contributed by atoms with Crippen LogP contribution in [0.1, 0.15) is 12.5 Å². The van der Waals surface area contributed by atoms with Gasteiger partial charge in [-0.3, -0.25) is 14.9 Å². The van der Waals surface area contributed by atoms with Gasteiger partial charge in [-0.05, 0) is 18.6 Å². The molecule has 21 heavy (non-hydrogen) atoms. The van der Waals surface area contributed by atoms with Crippen LogP contribution in [0.5, 0.6) is 5.75 Å². The van der Waals surface area contributed by atoms with E-state index in [9.17, 15) is 14.9 Å². The molecule has 1 aromatic rings. The quantitative estimate of drug-likeness (QED) is 0.442. The van der Waals surface area contributed by atoms with Crippen LogP contribution in [0.15, 0.2) is 18.2 Å². The monoisotopic (exact) mass is 314 g/mol. The fraction of sp³-hybridized carbons (Fsp3) is 0.462. The highest BCUT2D eigenvalue weighted by Crippen LogP contribution is 2.25. The van der Waals surface area contributed by atoms with Crippen LogP contribution >= 0.6 is 11.8 Å². The fourth-order valence-electron chi connectivity index (χ4n) is 1.57. The van der Waals surface area contributed by atoms with Crippen molar-refractivity contribution in [1.82, 2.24) is 0 Å². The molecular weight excluding hydrogens is 296 g/mol. The Morgan fingerprint density at radius 1 is 1.48 bits per heavy atom. The van der Waals surface area contributed by atoms with Crippen LogP contribution in [-0.2, 0) is 15.3 Å². The predicted octanol–water partition coefficient (Wildman–Crippen LogP) is 1.73. The first-order valence-corrected chi connectivity index (χ1v) is 7.45. The van der Waals surface area contributed by atoms with Crippen molar-refractivity contribution in [2.45, 2.75) is 18.7 Å². The Morgan fingerprint density at radius 2 is 2.19 bits per heavy atom. The summed E-state index contributed by atoms with van der Waals surface area (Å²) in [6.45, 7) is 2.01. The number of benzene rings is 1. The number of non-ortho nitro benzene ring substituents is 1. The minimum atomic E-state index is -0.699. The summed E-state index contributed by atoms with van der Waals surface area (Å²) in [5.74, 6) is 0.853. The lowest BCUT2D eigenvalue weighted by atomic mass is 10.2. The van der Waals surface area contributed by atoms with Crippen molar-refractivity contribution in [3.63, 3.8) is 0 Å². The first kappa shape index (κ1) is 17.3. The zero-order valence-corrected chi connectivity index (χ0v) is 12.7. The highest BCUT2D eigenvalue weighted by Gasteiger charge is 2.15. The third kappa shape index (κ3) is 5.60. The topological polar surface area (TPSA) is 105 Å². The van der Waals surface area contributed by atoms with E-state index in [1.807, 2.05) is 0 Å². The van der Waals surface area contributed by atoms with E-state index in [2.05, 4.69) is 0 Å². The number of thioether (sulfide) groups is 1. The number of ether oxygens (including phenoxy) is 2. The van der Waals surface area contributed by atoms with Crippen molar-refractivity contribution in [2.24, 2.45) is 5.73 Å². The van der Waals surface area contributed by atoms with Crippen molar-refractivity contribution < 1.29 is 19.2 Å². The molecule has 0 spiro atoms. The number of nitrogens with zero attached hydrogens (tertiary/aromatic N) is 1. The first-order valence-electron chi connectivity index (χ1n) is 6.30. The van der Waals surface area contributed by atoms with Gasteiger partial charge in [-0.15, -0.1) is 0 Å². The van der Waals surface area contributed by atoms with E-state index in [1.165, 1.54) is 31.0 Å². The van der Waals surface area contributed by atoms with Gasteiger partial charge in [-0.2, -0.15) is 11.8 Å². The Morgan fingerprint density at radius 3 is 2.76 bits per heavy atom. The Balaban J connectivity index is 2.61. The van der Waals surface area contributed by atoms with Crippen LogP contribution in [0.2, 0.25) is 0 Å². The van der Waals surface area contributed by atoms with Gasteiger partial charge in [0.25, 0.3) is 5.69 Å². The maximum absolute atomic E-state index is 11.4. The summed E-state index contributed by atoms with van der Waals surface area (Å²) in [4.78, 5) is 21.7. The van der Waals surface area contributed by atoms with E-state index >= 15 is 0 Å². The fourth-order valence-corrected chi connectivity index (χ4v) is 2.48. The van der Waals surface area contributed by atoms with E-state index in [0.717, 1.165) is 5.56 Å². The lowest BCUT2D eigenvalue weighted by Crippen LogP contribution is -2.34. The average molecular weight is 314 g/mol. The number of carbonyl (C=O) groups is 1. The molecular formula is C13H18N2O5S. The maximum Gasteiger partial charge on any atom is 0.323 e. The molecule has 0 saturated carbocycles. The number of nitro groups is 1. The molecule has 0 saturated heterocycles. The van der Waals surface area contributed by atoms with Crippen molar-refractivity contribution in [2.75, 3.05) is 19.5 Å². The Labute approximate surface area is 126 Å². The highest BCUT2D eigenvalue weighted by molar-refractivity contribution is 7.98. The molecule has 0 aliphatic rings. The summed E-state index contributed by atoms with van der Waals surface area (Å²) in [6.07, 6.45) is 0. The second-order valence-electron chi connectivity index (χ2n) is 4.17. The number of nitrogens with two attached hydrogens (primary N) is 1. The first-order chi connectivity index (χ1) is 9.97. The predicted molar refractivity (Wildman–Crippen MR) is 80.4 cm³/mol. The molecule has 0 radical (unpaired) electrons. The molecule has 0 bridgehead atoms. The van der Waals surface area contributed by atoms with Crippen molar-refractivity contribution >= 4 is 23.4 Å². The smallest absolute Gasteiger partial charge is 0.323 e. The van der Waals surface area contributed by atoms with Gasteiger partial charge < -0.3 is 15.2 Å². The van der Waals surface area contributed by atoms with Crippen molar-refractivity contribution in [1.29, 1.82) is 0 Å². The molecule has 0 fully saturated rings. The molecule has 1 unspecified atom stereocenters. The van der Waals surface area contributed by atoms with Gasteiger partial charge in [0, 0.05) is 17.6 Å². The van der Waals surface area contributed by atoms with Gasteiger partial charge in [0.1, 0.15) is 11.8 Å². The second kappa shape index (κ2) is 8.48. The molecule has 116 valence electrons. The largest absolute Gasteiger partial charge is 0.496 e. The van der Waals surface area contributed by atoms with Crippen LogP contribution in [0.25, 0.3) is 0 Å². The molecule has 1 aromatic carbocycles. The van der Waals surface area contributed by atoms with Crippen LogP contribution in [-0.4, -0.2) is 36.4 Å². The number of hydrogen-bond donors (Lipinski definition) is 1. The van der Waals surface area contributed by atoms with Gasteiger partial charge in [0.05, 0.1) is 24.7 Å². The van der Waals surface area contributed by atoms with Gasteiger partial charge >= 0.3 is 5.97 Å². The minimum absolute atomic E-state index is 0.0281. The van der Waals surface area contributed by atoms with E-state index in [4.69, 9.17) is 15.2 Å². The standard InChI is InChI=1S/C13H18N2O5S/c1-3-20-13(16)12(14)8-21-7-9-4-10(15(17)18)6-11(5-9)19-2/h4-6,12H,3,7-8,14H2,1-2H3. The lowest BCUT2D eigenvalue weighted by Gasteiger charge is -2.10. The summed E-state index contributed by atoms with van der Waals surface area (Å²) in [5.41, 5.74) is 6.38. The zero-order valence-electron chi connectivity index (χ0n) is 11.9. The maximum atomic E-state index is 11.4. The van der Waals surface area contributed by atoms with E-state index < -0.39 is 16.9 Å². The van der Waals surface area contributed by atoms with E-state index in [1.54, 1.807) is 13.0 Å². The Bertz CT molecular complexity index is 509. The zero-order chi connectivity index (χ0) is 15.8.